The third-order valence-corrected chi connectivity index (χ3v) is 6.09. The molecule has 9 nitrogen and oxygen atoms in total. The molecule has 3 heterocycles. The highest BCUT2D eigenvalue weighted by Gasteiger charge is 2.38. The van der Waals surface area contributed by atoms with Gasteiger partial charge in [-0.05, 0) is 23.6 Å². The largest absolute Gasteiger partial charge is 0.423 e. The maximum absolute atomic E-state index is 15.1. The van der Waals surface area contributed by atoms with Crippen molar-refractivity contribution < 1.29 is 44.3 Å². The Kier molecular flexibility index (Phi) is 9.37. The lowest BCUT2D eigenvalue weighted by Gasteiger charge is -2.23. The number of alkyl halides is 8. The van der Waals surface area contributed by atoms with Gasteiger partial charge in [-0.3, -0.25) is 9.59 Å². The summed E-state index contributed by atoms with van der Waals surface area (Å²) < 4.78 is 126. The molecule has 0 saturated carbocycles. The van der Waals surface area contributed by atoms with Crippen LogP contribution in [-0.4, -0.2) is 50.2 Å². The van der Waals surface area contributed by atoms with Crippen molar-refractivity contribution in [2.75, 3.05) is 11.9 Å². The zero-order valence-electron chi connectivity index (χ0n) is 21.4. The molecule has 0 aliphatic carbocycles. The molecular formula is C25H19F9N6O3. The molecule has 230 valence electrons. The Morgan fingerprint density at radius 2 is 1.72 bits per heavy atom. The van der Waals surface area contributed by atoms with Gasteiger partial charge in [0.05, 0.1) is 47.6 Å². The standard InChI is InChI=1S/C25H19F9N6O3/c26-13(4-14(10-43-24(30)31)38-18-8-37-39-22(41)19(18)25(32,33)34)9-40-2-1-11-3-16(17(27)5-15(11)23(40)42)21-35-6-12(7-36-21)20(28)29/h1-3,5-8,13-14,20,24H,4,9-10H2,(H2,38,39,41)/t13-,14-/m1/s1. The van der Waals surface area contributed by atoms with E-state index in [0.717, 1.165) is 29.2 Å². The van der Waals surface area contributed by atoms with Gasteiger partial charge in [-0.2, -0.15) is 27.1 Å². The highest BCUT2D eigenvalue weighted by Crippen LogP contribution is 2.32. The number of hydrogen-bond acceptors (Lipinski definition) is 7. The Labute approximate surface area is 234 Å². The Hall–Kier alpha value is -4.48. The van der Waals surface area contributed by atoms with E-state index in [1.807, 2.05) is 0 Å². The minimum absolute atomic E-state index is 0.168. The molecule has 0 aliphatic rings. The van der Waals surface area contributed by atoms with Gasteiger partial charge in [0.1, 0.15) is 17.6 Å². The molecule has 2 N–H and O–H groups in total. The number of fused-ring (bicyclic) bond motifs is 1. The lowest BCUT2D eigenvalue weighted by atomic mass is 10.1. The molecule has 0 spiro atoms. The Balaban J connectivity index is 1.56. The highest BCUT2D eigenvalue weighted by atomic mass is 19.4. The van der Waals surface area contributed by atoms with Crippen LogP contribution in [0.15, 0.2) is 52.6 Å². The fourth-order valence-electron chi connectivity index (χ4n) is 4.17. The van der Waals surface area contributed by atoms with E-state index in [4.69, 9.17) is 0 Å². The molecule has 0 amide bonds. The molecule has 2 atom stereocenters. The second-order valence-corrected chi connectivity index (χ2v) is 9.09. The Morgan fingerprint density at radius 3 is 2.35 bits per heavy atom. The van der Waals surface area contributed by atoms with E-state index < -0.39 is 84.7 Å². The SMILES string of the molecule is O=c1[nH]ncc(N[C@@H](COC(F)F)C[C@@H](F)Cn2ccc3cc(-c4ncc(C(F)F)cn4)c(F)cc3c2=O)c1C(F)(F)F. The van der Waals surface area contributed by atoms with Crippen molar-refractivity contribution in [1.29, 1.82) is 0 Å². The number of pyridine rings is 1. The number of H-pyrrole nitrogens is 1. The van der Waals surface area contributed by atoms with Gasteiger partial charge in [0, 0.05) is 25.0 Å². The Bertz CT molecular complexity index is 1690. The number of halogens is 9. The van der Waals surface area contributed by atoms with Crippen LogP contribution < -0.4 is 16.4 Å². The molecule has 0 radical (unpaired) electrons. The third kappa shape index (κ3) is 7.49. The van der Waals surface area contributed by atoms with Gasteiger partial charge in [0.25, 0.3) is 17.5 Å². The summed E-state index contributed by atoms with van der Waals surface area (Å²) >= 11 is 0. The third-order valence-electron chi connectivity index (χ3n) is 6.09. The van der Waals surface area contributed by atoms with E-state index in [1.54, 1.807) is 5.10 Å². The first kappa shape index (κ1) is 31.5. The van der Waals surface area contributed by atoms with Crippen LogP contribution in [0.4, 0.5) is 45.2 Å². The van der Waals surface area contributed by atoms with Crippen molar-refractivity contribution >= 4 is 16.5 Å². The smallest absolute Gasteiger partial charge is 0.378 e. The fraction of sp³-hybridized carbons (Fsp3) is 0.320. The van der Waals surface area contributed by atoms with Gasteiger partial charge in [0.2, 0.25) is 0 Å². The first-order valence-electron chi connectivity index (χ1n) is 12.1. The quantitative estimate of drug-likeness (QED) is 0.224. The molecule has 0 bridgehead atoms. The van der Waals surface area contributed by atoms with Gasteiger partial charge < -0.3 is 14.6 Å². The molecule has 43 heavy (non-hydrogen) atoms. The number of benzene rings is 1. The average molecular weight is 622 g/mol. The van der Waals surface area contributed by atoms with Gasteiger partial charge in [-0.1, -0.05) is 0 Å². The van der Waals surface area contributed by atoms with Gasteiger partial charge in [-0.25, -0.2) is 32.6 Å². The lowest BCUT2D eigenvalue weighted by Crippen LogP contribution is -2.35. The number of nitrogens with one attached hydrogen (secondary N) is 2. The minimum atomic E-state index is -5.17. The number of ether oxygens (including phenoxy) is 1. The van der Waals surface area contributed by atoms with E-state index in [-0.39, 0.29) is 22.2 Å². The van der Waals surface area contributed by atoms with Crippen molar-refractivity contribution in [3.8, 4) is 11.4 Å². The number of nitrogens with zero attached hydrogens (tertiary/aromatic N) is 4. The molecule has 0 aliphatic heterocycles. The zero-order chi connectivity index (χ0) is 31.5. The average Bonchev–Trinajstić information content (AvgIpc) is 2.92. The number of aromatic nitrogens is 5. The monoisotopic (exact) mass is 622 g/mol. The summed E-state index contributed by atoms with van der Waals surface area (Å²) in [5, 5.41) is 6.96. The second kappa shape index (κ2) is 12.8. The molecule has 3 aromatic heterocycles. The summed E-state index contributed by atoms with van der Waals surface area (Å²) in [7, 11) is 0. The fourth-order valence-corrected chi connectivity index (χ4v) is 4.17. The number of hydrogen-bond donors (Lipinski definition) is 2. The van der Waals surface area contributed by atoms with Crippen molar-refractivity contribution in [2.24, 2.45) is 0 Å². The van der Waals surface area contributed by atoms with Crippen LogP contribution in [0.2, 0.25) is 0 Å². The molecule has 0 saturated heterocycles. The van der Waals surface area contributed by atoms with Crippen LogP contribution in [0.5, 0.6) is 0 Å². The summed E-state index contributed by atoms with van der Waals surface area (Å²) in [4.78, 5) is 32.1. The van der Waals surface area contributed by atoms with Gasteiger partial charge in [-0.15, -0.1) is 0 Å². The Morgan fingerprint density at radius 1 is 1.02 bits per heavy atom. The summed E-state index contributed by atoms with van der Waals surface area (Å²) in [6, 6.07) is 1.78. The topological polar surface area (TPSA) is 115 Å². The first-order chi connectivity index (χ1) is 20.2. The van der Waals surface area contributed by atoms with E-state index in [9.17, 15) is 44.7 Å². The number of rotatable bonds is 11. The lowest BCUT2D eigenvalue weighted by molar-refractivity contribution is -0.138. The van der Waals surface area contributed by atoms with Crippen LogP contribution in [0.25, 0.3) is 22.2 Å². The summed E-state index contributed by atoms with van der Waals surface area (Å²) in [6.45, 7) is -5.05. The van der Waals surface area contributed by atoms with Crippen LogP contribution in [0.3, 0.4) is 0 Å². The predicted octanol–water partition coefficient (Wildman–Crippen LogP) is 5.09. The van der Waals surface area contributed by atoms with Crippen LogP contribution in [-0.2, 0) is 17.5 Å². The molecule has 0 unspecified atom stereocenters. The second-order valence-electron chi connectivity index (χ2n) is 9.09. The molecule has 4 rings (SSSR count). The number of aromatic amines is 1. The van der Waals surface area contributed by atoms with E-state index in [1.165, 1.54) is 12.1 Å². The summed E-state index contributed by atoms with van der Waals surface area (Å²) in [5.41, 5.74) is -5.81. The maximum atomic E-state index is 15.1. The summed E-state index contributed by atoms with van der Waals surface area (Å²) in [6.07, 6.45) is -7.46. The first-order valence-corrected chi connectivity index (χ1v) is 12.1. The highest BCUT2D eigenvalue weighted by molar-refractivity contribution is 5.86. The van der Waals surface area contributed by atoms with E-state index in [0.29, 0.717) is 6.20 Å². The normalized spacial score (nSPS) is 13.6. The van der Waals surface area contributed by atoms with Crippen LogP contribution in [0.1, 0.15) is 24.0 Å². The van der Waals surface area contributed by atoms with Crippen molar-refractivity contribution in [2.45, 2.75) is 44.4 Å². The predicted molar refractivity (Wildman–Crippen MR) is 133 cm³/mol. The van der Waals surface area contributed by atoms with E-state index in [2.05, 4.69) is 25.1 Å². The zero-order valence-corrected chi connectivity index (χ0v) is 21.4. The van der Waals surface area contributed by atoms with Gasteiger partial charge in [0.15, 0.2) is 5.82 Å². The van der Waals surface area contributed by atoms with Gasteiger partial charge >= 0.3 is 12.8 Å². The van der Waals surface area contributed by atoms with Crippen LogP contribution >= 0.6 is 0 Å². The van der Waals surface area contributed by atoms with Crippen molar-refractivity contribution in [3.63, 3.8) is 0 Å². The summed E-state index contributed by atoms with van der Waals surface area (Å²) in [5.74, 6) is -1.21. The molecule has 1 aromatic carbocycles. The minimum Gasteiger partial charge on any atom is -0.378 e. The van der Waals surface area contributed by atoms with Crippen molar-refractivity contribution in [1.82, 2.24) is 24.7 Å². The van der Waals surface area contributed by atoms with E-state index >= 15 is 4.39 Å². The number of anilines is 1. The molecule has 4 aromatic rings. The maximum Gasteiger partial charge on any atom is 0.423 e. The molecule has 0 fully saturated rings. The van der Waals surface area contributed by atoms with Crippen molar-refractivity contribution in [3.05, 3.63) is 80.6 Å². The molecular weight excluding hydrogens is 603 g/mol. The molecule has 18 heteroatoms. The van der Waals surface area contributed by atoms with Crippen LogP contribution in [0, 0.1) is 5.82 Å².